The van der Waals surface area contributed by atoms with Gasteiger partial charge in [0.2, 0.25) is 0 Å². The number of carbonyl (C=O) groups is 1. The number of Topliss-reactive ketones (excluding diaryl/α,β-unsaturated/α-hetero) is 1. The lowest BCUT2D eigenvalue weighted by molar-refractivity contribution is -0.385. The topological polar surface area (TPSA) is 83.7 Å². The molecule has 0 atom stereocenters. The number of aliphatic hydroxyl groups is 1. The summed E-state index contributed by atoms with van der Waals surface area (Å²) < 4.78 is 0. The summed E-state index contributed by atoms with van der Waals surface area (Å²) in [6.07, 6.45) is 1.28. The molecule has 1 saturated heterocycles. The Morgan fingerprint density at radius 1 is 1.40 bits per heavy atom. The summed E-state index contributed by atoms with van der Waals surface area (Å²) in [6.45, 7) is 4.47. The Kier molecular flexibility index (Phi) is 3.76. The zero-order valence-corrected chi connectivity index (χ0v) is 11.6. The predicted octanol–water partition coefficient (Wildman–Crippen LogP) is 2.15. The van der Waals surface area contributed by atoms with E-state index in [-0.39, 0.29) is 17.0 Å². The smallest absolute Gasteiger partial charge is 0.280 e. The van der Waals surface area contributed by atoms with Crippen LogP contribution in [0, 0.1) is 10.1 Å². The molecule has 1 aromatic carbocycles. The first-order valence-electron chi connectivity index (χ1n) is 6.57. The van der Waals surface area contributed by atoms with Crippen molar-refractivity contribution < 1.29 is 14.8 Å². The van der Waals surface area contributed by atoms with E-state index in [9.17, 15) is 20.0 Å². The van der Waals surface area contributed by atoms with E-state index in [1.165, 1.54) is 13.0 Å². The highest BCUT2D eigenvalue weighted by molar-refractivity contribution is 5.99. The molecule has 20 heavy (non-hydrogen) atoms. The summed E-state index contributed by atoms with van der Waals surface area (Å²) in [4.78, 5) is 23.9. The van der Waals surface area contributed by atoms with E-state index in [1.54, 1.807) is 19.1 Å². The van der Waals surface area contributed by atoms with Gasteiger partial charge < -0.3 is 10.0 Å². The van der Waals surface area contributed by atoms with Crippen molar-refractivity contribution in [2.24, 2.45) is 0 Å². The summed E-state index contributed by atoms with van der Waals surface area (Å²) >= 11 is 0. The number of benzene rings is 1. The van der Waals surface area contributed by atoms with Gasteiger partial charge in [0.25, 0.3) is 5.69 Å². The fraction of sp³-hybridized carbons (Fsp3) is 0.500. The predicted molar refractivity (Wildman–Crippen MR) is 75.2 cm³/mol. The van der Waals surface area contributed by atoms with Gasteiger partial charge in [-0.25, -0.2) is 0 Å². The number of nitro benzene ring substituents is 1. The third kappa shape index (κ3) is 2.96. The molecule has 0 bridgehead atoms. The molecule has 6 heteroatoms. The lowest BCUT2D eigenvalue weighted by Gasteiger charge is -2.37. The molecule has 0 spiro atoms. The van der Waals surface area contributed by atoms with E-state index in [2.05, 4.69) is 0 Å². The van der Waals surface area contributed by atoms with Crippen LogP contribution in [0.4, 0.5) is 11.4 Å². The molecule has 2 rings (SSSR count). The number of nitro groups is 1. The lowest BCUT2D eigenvalue weighted by atomic mass is 9.93. The van der Waals surface area contributed by atoms with Crippen LogP contribution in [0.15, 0.2) is 18.2 Å². The number of hydrogen-bond donors (Lipinski definition) is 1. The van der Waals surface area contributed by atoms with Crippen molar-refractivity contribution in [3.63, 3.8) is 0 Å². The number of anilines is 1. The molecule has 0 aromatic heterocycles. The minimum absolute atomic E-state index is 0.129. The first-order chi connectivity index (χ1) is 9.30. The van der Waals surface area contributed by atoms with Crippen molar-refractivity contribution in [3.05, 3.63) is 33.9 Å². The molecule has 0 amide bonds. The summed E-state index contributed by atoms with van der Waals surface area (Å²) in [5.41, 5.74) is 0.104. The SMILES string of the molecule is CC(=O)c1cc(N2CCC(C)(O)CC2)ccc1[N+](=O)[O-]. The summed E-state index contributed by atoms with van der Waals surface area (Å²) in [7, 11) is 0. The van der Waals surface area contributed by atoms with Gasteiger partial charge in [-0.05, 0) is 38.8 Å². The Balaban J connectivity index is 2.28. The molecule has 1 aliphatic heterocycles. The van der Waals surface area contributed by atoms with Crippen LogP contribution >= 0.6 is 0 Å². The molecular formula is C14H18N2O4. The Bertz CT molecular complexity index is 544. The van der Waals surface area contributed by atoms with Crippen LogP contribution in [0.25, 0.3) is 0 Å². The summed E-state index contributed by atoms with van der Waals surface area (Å²) in [5, 5.41) is 20.8. The Morgan fingerprint density at radius 3 is 2.50 bits per heavy atom. The normalized spacial score (nSPS) is 17.9. The van der Waals surface area contributed by atoms with E-state index in [0.717, 1.165) is 5.69 Å². The fourth-order valence-electron chi connectivity index (χ4n) is 2.41. The van der Waals surface area contributed by atoms with Crippen LogP contribution < -0.4 is 4.90 Å². The standard InChI is InChI=1S/C14H18N2O4/c1-10(17)12-9-11(3-4-13(12)16(19)20)15-7-5-14(2,18)6-8-15/h3-4,9,18H,5-8H2,1-2H3. The van der Waals surface area contributed by atoms with Crippen LogP contribution in [-0.2, 0) is 0 Å². The lowest BCUT2D eigenvalue weighted by Crippen LogP contribution is -2.42. The molecule has 1 aromatic rings. The fourth-order valence-corrected chi connectivity index (χ4v) is 2.41. The van der Waals surface area contributed by atoms with Gasteiger partial charge in [-0.3, -0.25) is 14.9 Å². The van der Waals surface area contributed by atoms with Gasteiger partial charge in [-0.15, -0.1) is 0 Å². The van der Waals surface area contributed by atoms with Gasteiger partial charge in [0.1, 0.15) is 0 Å². The van der Waals surface area contributed by atoms with Crippen molar-refractivity contribution in [2.75, 3.05) is 18.0 Å². The largest absolute Gasteiger partial charge is 0.390 e. The van der Waals surface area contributed by atoms with Crippen molar-refractivity contribution in [1.82, 2.24) is 0 Å². The third-order valence-corrected chi connectivity index (χ3v) is 3.76. The van der Waals surface area contributed by atoms with E-state index >= 15 is 0 Å². The Labute approximate surface area is 117 Å². The van der Waals surface area contributed by atoms with Crippen molar-refractivity contribution >= 4 is 17.2 Å². The second-order valence-electron chi connectivity index (χ2n) is 5.50. The number of carbonyl (C=O) groups excluding carboxylic acids is 1. The maximum absolute atomic E-state index is 11.5. The number of piperidine rings is 1. The summed E-state index contributed by atoms with van der Waals surface area (Å²) in [6, 6.07) is 4.60. The maximum atomic E-state index is 11.5. The Hall–Kier alpha value is -1.95. The molecule has 6 nitrogen and oxygen atoms in total. The van der Waals surface area contributed by atoms with E-state index < -0.39 is 10.5 Å². The summed E-state index contributed by atoms with van der Waals surface area (Å²) in [5.74, 6) is -0.317. The van der Waals surface area contributed by atoms with Crippen molar-refractivity contribution in [3.8, 4) is 0 Å². The van der Waals surface area contributed by atoms with Gasteiger partial charge in [0, 0.05) is 24.8 Å². The van der Waals surface area contributed by atoms with Gasteiger partial charge in [-0.1, -0.05) is 0 Å². The quantitative estimate of drug-likeness (QED) is 0.520. The van der Waals surface area contributed by atoms with Crippen LogP contribution in [0.3, 0.4) is 0 Å². The van der Waals surface area contributed by atoms with Crippen LogP contribution in [0.2, 0.25) is 0 Å². The Morgan fingerprint density at radius 2 is 2.00 bits per heavy atom. The van der Waals surface area contributed by atoms with Crippen LogP contribution in [-0.4, -0.2) is 34.5 Å². The molecule has 1 N–H and O–H groups in total. The van der Waals surface area contributed by atoms with Crippen molar-refractivity contribution in [1.29, 1.82) is 0 Å². The van der Waals surface area contributed by atoms with Gasteiger partial charge >= 0.3 is 0 Å². The molecule has 0 radical (unpaired) electrons. The van der Waals surface area contributed by atoms with Crippen LogP contribution in [0.1, 0.15) is 37.0 Å². The highest BCUT2D eigenvalue weighted by atomic mass is 16.6. The number of hydrogen-bond acceptors (Lipinski definition) is 5. The average molecular weight is 278 g/mol. The zero-order valence-electron chi connectivity index (χ0n) is 11.6. The zero-order chi connectivity index (χ0) is 14.9. The molecular weight excluding hydrogens is 260 g/mol. The molecule has 1 aliphatic rings. The highest BCUT2D eigenvalue weighted by Gasteiger charge is 2.28. The minimum atomic E-state index is -0.652. The van der Waals surface area contributed by atoms with E-state index in [1.807, 2.05) is 4.90 Å². The molecule has 108 valence electrons. The van der Waals surface area contributed by atoms with E-state index in [0.29, 0.717) is 25.9 Å². The molecule has 1 heterocycles. The van der Waals surface area contributed by atoms with E-state index in [4.69, 9.17) is 0 Å². The number of ketones is 1. The number of nitrogens with zero attached hydrogens (tertiary/aromatic N) is 2. The number of rotatable bonds is 3. The second-order valence-corrected chi connectivity index (χ2v) is 5.50. The van der Waals surface area contributed by atoms with Gasteiger partial charge in [0.15, 0.2) is 5.78 Å². The first kappa shape index (κ1) is 14.5. The van der Waals surface area contributed by atoms with Gasteiger partial charge in [-0.2, -0.15) is 0 Å². The maximum Gasteiger partial charge on any atom is 0.280 e. The molecule has 1 fully saturated rings. The minimum Gasteiger partial charge on any atom is -0.390 e. The van der Waals surface area contributed by atoms with Crippen LogP contribution in [0.5, 0.6) is 0 Å². The monoisotopic (exact) mass is 278 g/mol. The van der Waals surface area contributed by atoms with Gasteiger partial charge in [0.05, 0.1) is 16.1 Å². The second kappa shape index (κ2) is 5.20. The highest BCUT2D eigenvalue weighted by Crippen LogP contribution is 2.29. The van der Waals surface area contributed by atoms with Crippen molar-refractivity contribution in [2.45, 2.75) is 32.3 Å². The third-order valence-electron chi connectivity index (χ3n) is 3.76. The first-order valence-corrected chi connectivity index (χ1v) is 6.57. The average Bonchev–Trinajstić information content (AvgIpc) is 2.37. The molecule has 0 aliphatic carbocycles. The molecule has 0 unspecified atom stereocenters. The molecule has 0 saturated carbocycles.